The van der Waals surface area contributed by atoms with E-state index in [0.29, 0.717) is 0 Å². The number of methoxy groups -OCH3 is 2. The first-order valence-corrected chi connectivity index (χ1v) is 9.07. The molecule has 5 nitrogen and oxygen atoms in total. The van der Waals surface area contributed by atoms with Crippen LogP contribution in [0.15, 0.2) is 40.7 Å². The molecule has 1 heterocycles. The van der Waals surface area contributed by atoms with E-state index in [1.165, 1.54) is 10.4 Å². The van der Waals surface area contributed by atoms with Crippen LogP contribution >= 0.6 is 11.3 Å². The maximum atomic E-state index is 5.42. The van der Waals surface area contributed by atoms with Crippen LogP contribution in [0.3, 0.4) is 0 Å². The lowest BCUT2D eigenvalue weighted by atomic mass is 9.84. The highest BCUT2D eigenvalue weighted by atomic mass is 32.1. The van der Waals surface area contributed by atoms with Crippen molar-refractivity contribution in [3.63, 3.8) is 0 Å². The highest BCUT2D eigenvalue weighted by Crippen LogP contribution is 2.32. The highest BCUT2D eigenvalue weighted by molar-refractivity contribution is 7.09. The number of nitrogens with one attached hydrogen (secondary N) is 2. The van der Waals surface area contributed by atoms with Crippen molar-refractivity contribution in [1.82, 2.24) is 10.6 Å². The van der Waals surface area contributed by atoms with Gasteiger partial charge in [-0.1, -0.05) is 26.0 Å². The summed E-state index contributed by atoms with van der Waals surface area (Å²) in [6, 6.07) is 10.2. The van der Waals surface area contributed by atoms with Crippen LogP contribution in [0.4, 0.5) is 0 Å². The summed E-state index contributed by atoms with van der Waals surface area (Å²) in [5.41, 5.74) is 1.08. The third-order valence-corrected chi connectivity index (χ3v) is 4.97. The van der Waals surface area contributed by atoms with Gasteiger partial charge in [-0.05, 0) is 29.1 Å². The van der Waals surface area contributed by atoms with E-state index in [2.05, 4.69) is 53.1 Å². The molecule has 136 valence electrons. The molecule has 0 radical (unpaired) electrons. The minimum atomic E-state index is -0.0971. The maximum Gasteiger partial charge on any atom is 0.191 e. The molecule has 0 saturated heterocycles. The standard InChI is InChI=1S/C19H27N3O2S/c1-19(2,14-8-9-16(23-4)17(11-14)24-5)13-22-18(20-3)21-12-15-7-6-10-25-15/h6-11H,12-13H2,1-5H3,(H2,20,21,22). The Bertz CT molecular complexity index is 697. The predicted molar refractivity (Wildman–Crippen MR) is 105 cm³/mol. The average molecular weight is 362 g/mol. The summed E-state index contributed by atoms with van der Waals surface area (Å²) in [6.07, 6.45) is 0. The van der Waals surface area contributed by atoms with Crippen LogP contribution in [0.5, 0.6) is 11.5 Å². The number of thiophene rings is 1. The number of hydrogen-bond acceptors (Lipinski definition) is 4. The van der Waals surface area contributed by atoms with Crippen LogP contribution in [0.1, 0.15) is 24.3 Å². The first-order valence-electron chi connectivity index (χ1n) is 8.19. The summed E-state index contributed by atoms with van der Waals surface area (Å²) in [4.78, 5) is 5.58. The van der Waals surface area contributed by atoms with E-state index in [4.69, 9.17) is 9.47 Å². The lowest BCUT2D eigenvalue weighted by molar-refractivity contribution is 0.353. The van der Waals surface area contributed by atoms with E-state index in [9.17, 15) is 0 Å². The first-order chi connectivity index (χ1) is 12.0. The van der Waals surface area contributed by atoms with Gasteiger partial charge in [0.1, 0.15) is 0 Å². The van der Waals surface area contributed by atoms with Crippen LogP contribution in [-0.4, -0.2) is 33.8 Å². The molecule has 2 rings (SSSR count). The smallest absolute Gasteiger partial charge is 0.191 e. The van der Waals surface area contributed by atoms with E-state index < -0.39 is 0 Å². The number of hydrogen-bond donors (Lipinski definition) is 2. The molecule has 0 aliphatic carbocycles. The third kappa shape index (κ3) is 5.13. The molecule has 1 aromatic heterocycles. The second-order valence-electron chi connectivity index (χ2n) is 6.31. The molecule has 0 atom stereocenters. The second-order valence-corrected chi connectivity index (χ2v) is 7.34. The Hall–Kier alpha value is -2.21. The molecule has 0 bridgehead atoms. The fourth-order valence-electron chi connectivity index (χ4n) is 2.47. The van der Waals surface area contributed by atoms with Gasteiger partial charge in [0.05, 0.1) is 20.8 Å². The molecular weight excluding hydrogens is 334 g/mol. The monoisotopic (exact) mass is 361 g/mol. The number of nitrogens with zero attached hydrogens (tertiary/aromatic N) is 1. The van der Waals surface area contributed by atoms with E-state index >= 15 is 0 Å². The van der Waals surface area contributed by atoms with Crippen LogP contribution in [0, 0.1) is 0 Å². The van der Waals surface area contributed by atoms with Crippen molar-refractivity contribution in [2.75, 3.05) is 27.8 Å². The molecule has 0 saturated carbocycles. The fraction of sp³-hybridized carbons (Fsp3) is 0.421. The molecule has 0 spiro atoms. The minimum absolute atomic E-state index is 0.0971. The Labute approximate surface area is 154 Å². The van der Waals surface area contributed by atoms with Crippen molar-refractivity contribution in [2.24, 2.45) is 4.99 Å². The zero-order chi connectivity index (χ0) is 18.3. The van der Waals surface area contributed by atoms with Crippen molar-refractivity contribution in [3.8, 4) is 11.5 Å². The third-order valence-electron chi connectivity index (χ3n) is 4.10. The van der Waals surface area contributed by atoms with Crippen LogP contribution in [0.2, 0.25) is 0 Å². The number of benzene rings is 1. The molecule has 2 aromatic rings. The topological polar surface area (TPSA) is 54.9 Å². The zero-order valence-electron chi connectivity index (χ0n) is 15.6. The molecule has 2 N–H and O–H groups in total. The van der Waals surface area contributed by atoms with Gasteiger partial charge in [-0.15, -0.1) is 11.3 Å². The van der Waals surface area contributed by atoms with Gasteiger partial charge < -0.3 is 20.1 Å². The minimum Gasteiger partial charge on any atom is -0.493 e. The molecule has 25 heavy (non-hydrogen) atoms. The quantitative estimate of drug-likeness (QED) is 0.586. The summed E-state index contributed by atoms with van der Waals surface area (Å²) in [7, 11) is 5.09. The molecule has 6 heteroatoms. The van der Waals surface area contributed by atoms with Crippen molar-refractivity contribution in [3.05, 3.63) is 46.2 Å². The average Bonchev–Trinajstić information content (AvgIpc) is 3.14. The molecule has 0 aliphatic heterocycles. The Morgan fingerprint density at radius 3 is 2.48 bits per heavy atom. The van der Waals surface area contributed by atoms with Gasteiger partial charge in [0.25, 0.3) is 0 Å². The molecule has 0 unspecified atom stereocenters. The van der Waals surface area contributed by atoms with Crippen LogP contribution in [-0.2, 0) is 12.0 Å². The van der Waals surface area contributed by atoms with Gasteiger partial charge in [-0.3, -0.25) is 4.99 Å². The maximum absolute atomic E-state index is 5.42. The van der Waals surface area contributed by atoms with Crippen molar-refractivity contribution >= 4 is 17.3 Å². The first kappa shape index (κ1) is 19.1. The van der Waals surface area contributed by atoms with Gasteiger partial charge in [0, 0.05) is 23.9 Å². The Morgan fingerprint density at radius 2 is 1.88 bits per heavy atom. The van der Waals surface area contributed by atoms with Gasteiger partial charge in [-0.2, -0.15) is 0 Å². The van der Waals surface area contributed by atoms with E-state index in [1.54, 1.807) is 32.6 Å². The zero-order valence-corrected chi connectivity index (χ0v) is 16.4. The van der Waals surface area contributed by atoms with Gasteiger partial charge in [-0.25, -0.2) is 0 Å². The van der Waals surface area contributed by atoms with E-state index in [1.807, 2.05) is 12.1 Å². The Balaban J connectivity index is 1.99. The lowest BCUT2D eigenvalue weighted by Crippen LogP contribution is -2.43. The van der Waals surface area contributed by atoms with Gasteiger partial charge in [0.2, 0.25) is 0 Å². The molecule has 0 aliphatic rings. The summed E-state index contributed by atoms with van der Waals surface area (Å²) in [6.45, 7) is 5.89. The lowest BCUT2D eigenvalue weighted by Gasteiger charge is -2.27. The Morgan fingerprint density at radius 1 is 1.12 bits per heavy atom. The molecule has 0 amide bonds. The number of rotatable bonds is 7. The summed E-state index contributed by atoms with van der Waals surface area (Å²) in [5.74, 6) is 2.28. The largest absolute Gasteiger partial charge is 0.493 e. The molecule has 0 fully saturated rings. The summed E-state index contributed by atoms with van der Waals surface area (Å²) < 4.78 is 10.7. The Kier molecular flexibility index (Phi) is 6.70. The van der Waals surface area contributed by atoms with Gasteiger partial charge in [0.15, 0.2) is 17.5 Å². The number of aliphatic imine (C=N–C) groups is 1. The molecular formula is C19H27N3O2S. The SMILES string of the molecule is CN=C(NCc1cccs1)NCC(C)(C)c1ccc(OC)c(OC)c1. The normalized spacial score (nSPS) is 12.0. The second kappa shape index (κ2) is 8.76. The van der Waals surface area contributed by atoms with E-state index in [0.717, 1.165) is 30.5 Å². The van der Waals surface area contributed by atoms with Gasteiger partial charge >= 0.3 is 0 Å². The van der Waals surface area contributed by atoms with Crippen LogP contribution < -0.4 is 20.1 Å². The summed E-state index contributed by atoms with van der Waals surface area (Å²) >= 11 is 1.73. The number of ether oxygens (including phenoxy) is 2. The highest BCUT2D eigenvalue weighted by Gasteiger charge is 2.22. The van der Waals surface area contributed by atoms with Crippen molar-refractivity contribution in [1.29, 1.82) is 0 Å². The summed E-state index contributed by atoms with van der Waals surface area (Å²) in [5, 5.41) is 8.83. The van der Waals surface area contributed by atoms with E-state index in [-0.39, 0.29) is 5.41 Å². The number of guanidine groups is 1. The molecule has 1 aromatic carbocycles. The fourth-order valence-corrected chi connectivity index (χ4v) is 3.11. The van der Waals surface area contributed by atoms with Crippen LogP contribution in [0.25, 0.3) is 0 Å². The van der Waals surface area contributed by atoms with Crippen molar-refractivity contribution in [2.45, 2.75) is 25.8 Å². The van der Waals surface area contributed by atoms with Crippen molar-refractivity contribution < 1.29 is 9.47 Å². The predicted octanol–water partition coefficient (Wildman–Crippen LogP) is 3.41.